The Kier molecular flexibility index (Phi) is 6.23. The standard InChI is InChI=1S/C17H30N4O3/c1-17(2,3)24-16(22)19-10-14(18)9-13-11-21(4)20-15(13)12-5-7-23-8-6-12/h11-12,14H,5-10,18H2,1-4H3,(H,19,22). The van der Waals surface area contributed by atoms with Gasteiger partial charge in [0.25, 0.3) is 0 Å². The number of alkyl carbamates (subject to hydrolysis) is 1. The molecule has 2 rings (SSSR count). The fourth-order valence-electron chi connectivity index (χ4n) is 2.91. The predicted molar refractivity (Wildman–Crippen MR) is 91.9 cm³/mol. The minimum absolute atomic E-state index is 0.180. The molecule has 7 nitrogen and oxygen atoms in total. The molecule has 0 spiro atoms. The molecule has 1 fully saturated rings. The molecule has 1 aliphatic rings. The molecule has 1 atom stereocenters. The van der Waals surface area contributed by atoms with E-state index in [2.05, 4.69) is 10.4 Å². The van der Waals surface area contributed by atoms with E-state index < -0.39 is 11.7 Å². The van der Waals surface area contributed by atoms with Crippen molar-refractivity contribution in [3.8, 4) is 0 Å². The molecule has 136 valence electrons. The van der Waals surface area contributed by atoms with Crippen LogP contribution in [0.4, 0.5) is 4.79 Å². The highest BCUT2D eigenvalue weighted by molar-refractivity contribution is 5.67. The largest absolute Gasteiger partial charge is 0.444 e. The molecule has 2 heterocycles. The van der Waals surface area contributed by atoms with Crippen LogP contribution in [0.2, 0.25) is 0 Å². The van der Waals surface area contributed by atoms with Gasteiger partial charge in [0, 0.05) is 45.0 Å². The number of aromatic nitrogens is 2. The second-order valence-electron chi connectivity index (χ2n) is 7.45. The fraction of sp³-hybridized carbons (Fsp3) is 0.765. The molecule has 1 unspecified atom stereocenters. The molecular formula is C17H30N4O3. The van der Waals surface area contributed by atoms with Gasteiger partial charge in [-0.1, -0.05) is 0 Å². The highest BCUT2D eigenvalue weighted by Crippen LogP contribution is 2.28. The van der Waals surface area contributed by atoms with Gasteiger partial charge in [-0.25, -0.2) is 4.79 Å². The van der Waals surface area contributed by atoms with Gasteiger partial charge in [0.05, 0.1) is 5.69 Å². The number of carbonyl (C=O) groups is 1. The first-order valence-electron chi connectivity index (χ1n) is 8.57. The number of nitrogens with two attached hydrogens (primary N) is 1. The van der Waals surface area contributed by atoms with Crippen molar-refractivity contribution in [2.45, 2.75) is 57.6 Å². The molecule has 0 aliphatic carbocycles. The quantitative estimate of drug-likeness (QED) is 0.853. The van der Waals surface area contributed by atoms with E-state index in [1.165, 1.54) is 0 Å². The maximum atomic E-state index is 11.7. The number of rotatable bonds is 5. The maximum Gasteiger partial charge on any atom is 0.407 e. The first kappa shape index (κ1) is 18.7. The normalized spacial score (nSPS) is 17.5. The molecule has 24 heavy (non-hydrogen) atoms. The first-order chi connectivity index (χ1) is 11.2. The van der Waals surface area contributed by atoms with E-state index in [-0.39, 0.29) is 6.04 Å². The van der Waals surface area contributed by atoms with Crippen LogP contribution in [0.25, 0.3) is 0 Å². The van der Waals surface area contributed by atoms with Crippen molar-refractivity contribution in [2.75, 3.05) is 19.8 Å². The second kappa shape index (κ2) is 7.98. The van der Waals surface area contributed by atoms with Crippen LogP contribution in [0.15, 0.2) is 6.20 Å². The van der Waals surface area contributed by atoms with Crippen LogP contribution in [0, 0.1) is 0 Å². The lowest BCUT2D eigenvalue weighted by atomic mass is 9.92. The van der Waals surface area contributed by atoms with Crippen molar-refractivity contribution in [3.05, 3.63) is 17.5 Å². The van der Waals surface area contributed by atoms with Crippen LogP contribution in [0.1, 0.15) is 50.8 Å². The highest BCUT2D eigenvalue weighted by Gasteiger charge is 2.23. The number of carbonyl (C=O) groups excluding carboxylic acids is 1. The van der Waals surface area contributed by atoms with Crippen molar-refractivity contribution in [1.82, 2.24) is 15.1 Å². The maximum absolute atomic E-state index is 11.7. The van der Waals surface area contributed by atoms with Gasteiger partial charge < -0.3 is 20.5 Å². The van der Waals surface area contributed by atoms with E-state index in [0.29, 0.717) is 18.9 Å². The molecule has 1 aromatic rings. The molecule has 1 amide bonds. The molecule has 0 aromatic carbocycles. The third-order valence-electron chi connectivity index (χ3n) is 3.93. The summed E-state index contributed by atoms with van der Waals surface area (Å²) >= 11 is 0. The fourth-order valence-corrected chi connectivity index (χ4v) is 2.91. The molecule has 1 aromatic heterocycles. The Hall–Kier alpha value is -1.60. The summed E-state index contributed by atoms with van der Waals surface area (Å²) < 4.78 is 12.5. The van der Waals surface area contributed by atoms with Crippen LogP contribution >= 0.6 is 0 Å². The van der Waals surface area contributed by atoms with Crippen LogP contribution in [0.5, 0.6) is 0 Å². The summed E-state index contributed by atoms with van der Waals surface area (Å²) in [4.78, 5) is 11.7. The van der Waals surface area contributed by atoms with Gasteiger partial charge >= 0.3 is 6.09 Å². The van der Waals surface area contributed by atoms with Crippen LogP contribution in [-0.2, 0) is 22.9 Å². The van der Waals surface area contributed by atoms with Gasteiger partial charge in [-0.2, -0.15) is 5.10 Å². The van der Waals surface area contributed by atoms with E-state index >= 15 is 0 Å². The smallest absolute Gasteiger partial charge is 0.407 e. The van der Waals surface area contributed by atoms with Crippen molar-refractivity contribution < 1.29 is 14.3 Å². The molecule has 7 heteroatoms. The monoisotopic (exact) mass is 338 g/mol. The Bertz CT molecular complexity index is 545. The van der Waals surface area contributed by atoms with E-state index in [1.54, 1.807) is 0 Å². The summed E-state index contributed by atoms with van der Waals surface area (Å²) in [5.41, 5.74) is 7.96. The number of amides is 1. The van der Waals surface area contributed by atoms with Gasteiger partial charge in [0.2, 0.25) is 0 Å². The lowest BCUT2D eigenvalue weighted by Crippen LogP contribution is -2.41. The summed E-state index contributed by atoms with van der Waals surface area (Å²) in [7, 11) is 1.93. The zero-order valence-electron chi connectivity index (χ0n) is 15.2. The summed E-state index contributed by atoms with van der Waals surface area (Å²) in [5, 5.41) is 7.36. The van der Waals surface area contributed by atoms with Gasteiger partial charge in [-0.3, -0.25) is 4.68 Å². The van der Waals surface area contributed by atoms with Crippen molar-refractivity contribution in [3.63, 3.8) is 0 Å². The SMILES string of the molecule is Cn1cc(CC(N)CNC(=O)OC(C)(C)C)c(C2CCOCC2)n1. The summed E-state index contributed by atoms with van der Waals surface area (Å²) in [5.74, 6) is 0.431. The number of ether oxygens (including phenoxy) is 2. The molecule has 0 radical (unpaired) electrons. The van der Waals surface area contributed by atoms with Gasteiger partial charge in [0.1, 0.15) is 5.60 Å². The highest BCUT2D eigenvalue weighted by atomic mass is 16.6. The van der Waals surface area contributed by atoms with E-state index in [4.69, 9.17) is 15.2 Å². The Morgan fingerprint density at radius 1 is 1.50 bits per heavy atom. The van der Waals surface area contributed by atoms with E-state index in [9.17, 15) is 4.79 Å². The predicted octanol–water partition coefficient (Wildman–Crippen LogP) is 1.71. The van der Waals surface area contributed by atoms with Crippen molar-refractivity contribution >= 4 is 6.09 Å². The Labute approximate surface area is 143 Å². The molecule has 1 saturated heterocycles. The molecule has 3 N–H and O–H groups in total. The minimum Gasteiger partial charge on any atom is -0.444 e. The van der Waals surface area contributed by atoms with Crippen LogP contribution < -0.4 is 11.1 Å². The summed E-state index contributed by atoms with van der Waals surface area (Å²) in [6.45, 7) is 7.45. The minimum atomic E-state index is -0.506. The molecule has 0 saturated carbocycles. The lowest BCUT2D eigenvalue weighted by molar-refractivity contribution is 0.0524. The van der Waals surface area contributed by atoms with Crippen LogP contribution in [-0.4, -0.2) is 47.3 Å². The zero-order valence-corrected chi connectivity index (χ0v) is 15.2. The van der Waals surface area contributed by atoms with Gasteiger partial charge in [-0.15, -0.1) is 0 Å². The molecule has 0 bridgehead atoms. The number of nitrogens with one attached hydrogen (secondary N) is 1. The van der Waals surface area contributed by atoms with Gasteiger partial charge in [-0.05, 0) is 45.6 Å². The number of nitrogens with zero attached hydrogens (tertiary/aromatic N) is 2. The molecule has 1 aliphatic heterocycles. The van der Waals surface area contributed by atoms with Crippen LogP contribution in [0.3, 0.4) is 0 Å². The number of hydrogen-bond donors (Lipinski definition) is 2. The number of aryl methyl sites for hydroxylation is 1. The molecular weight excluding hydrogens is 308 g/mol. The van der Waals surface area contributed by atoms with E-state index in [0.717, 1.165) is 37.3 Å². The first-order valence-corrected chi connectivity index (χ1v) is 8.57. The lowest BCUT2D eigenvalue weighted by Gasteiger charge is -2.22. The topological polar surface area (TPSA) is 91.4 Å². The van der Waals surface area contributed by atoms with Crippen molar-refractivity contribution in [1.29, 1.82) is 0 Å². The Morgan fingerprint density at radius 3 is 2.79 bits per heavy atom. The third kappa shape index (κ3) is 5.79. The Morgan fingerprint density at radius 2 is 2.17 bits per heavy atom. The summed E-state index contributed by atoms with van der Waals surface area (Å²) in [6.07, 6.45) is 4.26. The zero-order chi connectivity index (χ0) is 17.7. The third-order valence-corrected chi connectivity index (χ3v) is 3.93. The number of hydrogen-bond acceptors (Lipinski definition) is 5. The summed E-state index contributed by atoms with van der Waals surface area (Å²) in [6, 6.07) is -0.180. The van der Waals surface area contributed by atoms with Gasteiger partial charge in [0.15, 0.2) is 0 Å². The second-order valence-corrected chi connectivity index (χ2v) is 7.45. The average molecular weight is 338 g/mol. The average Bonchev–Trinajstić information content (AvgIpc) is 2.85. The van der Waals surface area contributed by atoms with Crippen molar-refractivity contribution in [2.24, 2.45) is 12.8 Å². The Balaban J connectivity index is 1.89. The van der Waals surface area contributed by atoms with E-state index in [1.807, 2.05) is 38.7 Å².